The maximum atomic E-state index is 12.5. The summed E-state index contributed by atoms with van der Waals surface area (Å²) in [7, 11) is 0. The maximum Gasteiger partial charge on any atom is 0.346 e. The molecule has 4 aromatic rings. The highest BCUT2D eigenvalue weighted by molar-refractivity contribution is 7.21. The van der Waals surface area contributed by atoms with Crippen LogP contribution in [0.25, 0.3) is 31.8 Å². The topological polar surface area (TPSA) is 69.4 Å². The van der Waals surface area contributed by atoms with Crippen molar-refractivity contribution in [1.82, 2.24) is 4.98 Å². The minimum atomic E-state index is -0.456. The number of thiazole rings is 1. The Bertz CT molecular complexity index is 1190. The predicted octanol–water partition coefficient (Wildman–Crippen LogP) is 4.39. The summed E-state index contributed by atoms with van der Waals surface area (Å²) >= 11 is 1.45. The molecule has 1 saturated carbocycles. The summed E-state index contributed by atoms with van der Waals surface area (Å²) in [6.45, 7) is 0. The van der Waals surface area contributed by atoms with Gasteiger partial charge in [0.2, 0.25) is 0 Å². The van der Waals surface area contributed by atoms with E-state index in [9.17, 15) is 9.59 Å². The van der Waals surface area contributed by atoms with Gasteiger partial charge in [0, 0.05) is 11.5 Å². The van der Waals surface area contributed by atoms with Crippen molar-refractivity contribution < 1.29 is 13.9 Å². The van der Waals surface area contributed by atoms with E-state index in [-0.39, 0.29) is 11.9 Å². The number of hydrogen-bond acceptors (Lipinski definition) is 6. The molecule has 0 radical (unpaired) electrons. The summed E-state index contributed by atoms with van der Waals surface area (Å²) in [4.78, 5) is 28.8. The number of fused-ring (bicyclic) bond motifs is 2. The number of rotatable bonds is 3. The van der Waals surface area contributed by atoms with Gasteiger partial charge in [-0.1, -0.05) is 12.1 Å². The van der Waals surface area contributed by atoms with Crippen molar-refractivity contribution in [3.63, 3.8) is 0 Å². The number of carbonyl (C=O) groups excluding carboxylic acids is 1. The van der Waals surface area contributed by atoms with Crippen molar-refractivity contribution in [2.75, 3.05) is 0 Å². The van der Waals surface area contributed by atoms with E-state index in [1.165, 1.54) is 11.3 Å². The van der Waals surface area contributed by atoms with Gasteiger partial charge in [-0.25, -0.2) is 9.78 Å². The van der Waals surface area contributed by atoms with Crippen molar-refractivity contribution in [1.29, 1.82) is 0 Å². The fraction of sp³-hybridized carbons (Fsp3) is 0.150. The minimum Gasteiger partial charge on any atom is -0.426 e. The minimum absolute atomic E-state index is 0.0131. The molecule has 5 rings (SSSR count). The fourth-order valence-electron chi connectivity index (χ4n) is 2.81. The molecule has 2 aromatic heterocycles. The molecule has 0 atom stereocenters. The Balaban J connectivity index is 1.56. The fourth-order valence-corrected chi connectivity index (χ4v) is 3.78. The second-order valence-corrected chi connectivity index (χ2v) is 7.36. The van der Waals surface area contributed by atoms with Crippen molar-refractivity contribution in [2.24, 2.45) is 5.92 Å². The first kappa shape index (κ1) is 15.3. The van der Waals surface area contributed by atoms with E-state index in [0.717, 1.165) is 28.4 Å². The zero-order chi connectivity index (χ0) is 17.7. The van der Waals surface area contributed by atoms with Crippen LogP contribution in [0.4, 0.5) is 0 Å². The van der Waals surface area contributed by atoms with Crippen LogP contribution in [-0.4, -0.2) is 11.0 Å². The molecule has 1 aliphatic rings. The standard InChI is InChI=1S/C20H13NO4S/c22-19(11-5-6-11)24-13-8-7-12-9-14(20(23)25-16(12)10-13)18-21-15-3-1-2-4-17(15)26-18/h1-4,7-11H,5-6H2. The van der Waals surface area contributed by atoms with Crippen molar-refractivity contribution in [3.8, 4) is 16.3 Å². The van der Waals surface area contributed by atoms with Crippen LogP contribution in [0.5, 0.6) is 5.75 Å². The Morgan fingerprint density at radius 2 is 2.00 bits per heavy atom. The SMILES string of the molecule is O=C(Oc1ccc2cc(-c3nc4ccccc4s3)c(=O)oc2c1)C1CC1. The molecule has 1 aliphatic carbocycles. The monoisotopic (exact) mass is 363 g/mol. The smallest absolute Gasteiger partial charge is 0.346 e. The van der Waals surface area contributed by atoms with Gasteiger partial charge in [-0.05, 0) is 43.2 Å². The Morgan fingerprint density at radius 3 is 2.81 bits per heavy atom. The number of nitrogens with zero attached hydrogens (tertiary/aromatic N) is 1. The van der Waals surface area contributed by atoms with E-state index in [0.29, 0.717) is 21.9 Å². The summed E-state index contributed by atoms with van der Waals surface area (Å²) in [5.74, 6) is 0.183. The Kier molecular flexibility index (Phi) is 3.39. The van der Waals surface area contributed by atoms with Gasteiger partial charge in [-0.15, -0.1) is 11.3 Å². The zero-order valence-electron chi connectivity index (χ0n) is 13.6. The first-order valence-electron chi connectivity index (χ1n) is 8.33. The number of hydrogen-bond donors (Lipinski definition) is 0. The van der Waals surface area contributed by atoms with Crippen LogP contribution in [0.3, 0.4) is 0 Å². The number of ether oxygens (including phenoxy) is 1. The lowest BCUT2D eigenvalue weighted by Crippen LogP contribution is -2.09. The largest absolute Gasteiger partial charge is 0.426 e. The molecule has 2 aromatic carbocycles. The molecule has 5 nitrogen and oxygen atoms in total. The first-order chi connectivity index (χ1) is 12.7. The van der Waals surface area contributed by atoms with Gasteiger partial charge in [-0.3, -0.25) is 4.79 Å². The molecule has 0 unspecified atom stereocenters. The molecular formula is C20H13NO4S. The van der Waals surface area contributed by atoms with E-state index in [1.807, 2.05) is 24.3 Å². The predicted molar refractivity (Wildman–Crippen MR) is 99.5 cm³/mol. The number of esters is 1. The molecule has 6 heteroatoms. The number of carbonyl (C=O) groups is 1. The maximum absolute atomic E-state index is 12.5. The van der Waals surface area contributed by atoms with Gasteiger partial charge < -0.3 is 9.15 Å². The van der Waals surface area contributed by atoms with Gasteiger partial charge in [0.1, 0.15) is 16.3 Å². The summed E-state index contributed by atoms with van der Waals surface area (Å²) in [5.41, 5.74) is 1.22. The van der Waals surface area contributed by atoms with Crippen LogP contribution in [0.1, 0.15) is 12.8 Å². The molecule has 2 heterocycles. The van der Waals surface area contributed by atoms with E-state index >= 15 is 0 Å². The van der Waals surface area contributed by atoms with Crippen LogP contribution in [0.2, 0.25) is 0 Å². The number of benzene rings is 2. The Labute approximate surface area is 151 Å². The third kappa shape index (κ3) is 2.68. The van der Waals surface area contributed by atoms with Crippen LogP contribution in [0, 0.1) is 5.92 Å². The summed E-state index contributed by atoms with van der Waals surface area (Å²) in [5, 5.41) is 1.39. The molecule has 0 spiro atoms. The third-order valence-electron chi connectivity index (χ3n) is 4.36. The van der Waals surface area contributed by atoms with Crippen molar-refractivity contribution >= 4 is 38.5 Å². The number of aromatic nitrogens is 1. The van der Waals surface area contributed by atoms with Gasteiger partial charge in [-0.2, -0.15) is 0 Å². The van der Waals surface area contributed by atoms with Gasteiger partial charge in [0.15, 0.2) is 0 Å². The van der Waals surface area contributed by atoms with Crippen molar-refractivity contribution in [2.45, 2.75) is 12.8 Å². The van der Waals surface area contributed by atoms with Crippen LogP contribution in [-0.2, 0) is 4.79 Å². The van der Waals surface area contributed by atoms with E-state index in [4.69, 9.17) is 9.15 Å². The average Bonchev–Trinajstić information content (AvgIpc) is 3.40. The summed E-state index contributed by atoms with van der Waals surface area (Å²) in [6.07, 6.45) is 1.76. The molecule has 0 saturated heterocycles. The van der Waals surface area contributed by atoms with Crippen LogP contribution in [0.15, 0.2) is 57.7 Å². The summed E-state index contributed by atoms with van der Waals surface area (Å²) < 4.78 is 11.8. The molecule has 0 aliphatic heterocycles. The third-order valence-corrected chi connectivity index (χ3v) is 5.43. The molecule has 128 valence electrons. The van der Waals surface area contributed by atoms with E-state index in [2.05, 4.69) is 4.98 Å². The zero-order valence-corrected chi connectivity index (χ0v) is 14.4. The first-order valence-corrected chi connectivity index (χ1v) is 9.14. The highest BCUT2D eigenvalue weighted by Gasteiger charge is 2.31. The van der Waals surface area contributed by atoms with E-state index < -0.39 is 5.63 Å². The normalized spacial score (nSPS) is 14.0. The second kappa shape index (κ2) is 5.78. The molecular weight excluding hydrogens is 350 g/mol. The second-order valence-electron chi connectivity index (χ2n) is 6.33. The molecule has 0 N–H and O–H groups in total. The Morgan fingerprint density at radius 1 is 1.15 bits per heavy atom. The highest BCUT2D eigenvalue weighted by atomic mass is 32.1. The molecule has 1 fully saturated rings. The van der Waals surface area contributed by atoms with Gasteiger partial charge >= 0.3 is 11.6 Å². The lowest BCUT2D eigenvalue weighted by atomic mass is 10.2. The quantitative estimate of drug-likeness (QED) is 0.307. The van der Waals surface area contributed by atoms with E-state index in [1.54, 1.807) is 24.3 Å². The lowest BCUT2D eigenvalue weighted by molar-refractivity contribution is -0.135. The number of para-hydroxylation sites is 1. The molecule has 0 bridgehead atoms. The highest BCUT2D eigenvalue weighted by Crippen LogP contribution is 2.32. The van der Waals surface area contributed by atoms with Crippen LogP contribution < -0.4 is 10.4 Å². The molecule has 0 amide bonds. The van der Waals surface area contributed by atoms with Gasteiger partial charge in [0.25, 0.3) is 0 Å². The van der Waals surface area contributed by atoms with Crippen molar-refractivity contribution in [3.05, 3.63) is 59.0 Å². The molecule has 26 heavy (non-hydrogen) atoms. The van der Waals surface area contributed by atoms with Gasteiger partial charge in [0.05, 0.1) is 21.7 Å². The summed E-state index contributed by atoms with van der Waals surface area (Å²) in [6, 6.07) is 14.6. The lowest BCUT2D eigenvalue weighted by Gasteiger charge is -2.05. The van der Waals surface area contributed by atoms with Crippen LogP contribution >= 0.6 is 11.3 Å². The Hall–Kier alpha value is -2.99. The average molecular weight is 363 g/mol.